The van der Waals surface area contributed by atoms with Crippen LogP contribution in [0, 0.1) is 4.77 Å². The minimum absolute atomic E-state index is 0.0795. The van der Waals surface area contributed by atoms with Crippen LogP contribution in [0.15, 0.2) is 71.5 Å². The van der Waals surface area contributed by atoms with Crippen LogP contribution in [-0.4, -0.2) is 60.1 Å². The summed E-state index contributed by atoms with van der Waals surface area (Å²) in [5, 5.41) is 1.15. The number of carbonyl (C=O) groups is 1. The van der Waals surface area contributed by atoms with E-state index in [-0.39, 0.29) is 11.3 Å². The predicted octanol–water partition coefficient (Wildman–Crippen LogP) is 5.94. The fourth-order valence-electron chi connectivity index (χ4n) is 5.13. The molecule has 1 fully saturated rings. The van der Waals surface area contributed by atoms with E-state index < -0.39 is 0 Å². The summed E-state index contributed by atoms with van der Waals surface area (Å²) in [5.41, 5.74) is 3.16. The molecule has 2 heterocycles. The van der Waals surface area contributed by atoms with E-state index in [0.717, 1.165) is 56.9 Å². The van der Waals surface area contributed by atoms with Crippen LogP contribution in [0.5, 0.6) is 5.75 Å². The molecule has 4 aromatic rings. The Morgan fingerprint density at radius 2 is 1.70 bits per heavy atom. The Kier molecular flexibility index (Phi) is 8.99. The molecule has 3 aromatic carbocycles. The second-order valence-electron chi connectivity index (χ2n) is 10.1. The molecular weight excluding hydrogens is 544 g/mol. The van der Waals surface area contributed by atoms with Crippen LogP contribution in [-0.2, 0) is 6.54 Å². The van der Waals surface area contributed by atoms with Gasteiger partial charge in [0.15, 0.2) is 10.6 Å². The van der Waals surface area contributed by atoms with E-state index >= 15 is 0 Å². The number of nitrogens with zero attached hydrogens (tertiary/aromatic N) is 3. The molecule has 208 valence electrons. The summed E-state index contributed by atoms with van der Waals surface area (Å²) in [6.07, 6.45) is 2.28. The lowest BCUT2D eigenvalue weighted by molar-refractivity contribution is 0.0978. The molecule has 1 aliphatic rings. The monoisotopic (exact) mass is 576 g/mol. The minimum atomic E-state index is -0.181. The number of ether oxygens (including phenoxy) is 1. The molecule has 0 bridgehead atoms. The third-order valence-electron chi connectivity index (χ3n) is 7.50. The fourth-order valence-corrected chi connectivity index (χ4v) is 5.52. The van der Waals surface area contributed by atoms with Gasteiger partial charge >= 0.3 is 0 Å². The second kappa shape index (κ2) is 12.8. The summed E-state index contributed by atoms with van der Waals surface area (Å²) in [6.45, 7) is 5.34. The Balaban J connectivity index is 1.12. The number of methoxy groups -OCH3 is 1. The fraction of sp³-hybridized carbons (Fsp3) is 0.323. The minimum Gasteiger partial charge on any atom is -0.497 e. The van der Waals surface area contributed by atoms with Gasteiger partial charge in [-0.3, -0.25) is 19.1 Å². The molecule has 1 N–H and O–H groups in total. The average Bonchev–Trinajstić information content (AvgIpc) is 2.98. The Morgan fingerprint density at radius 3 is 2.40 bits per heavy atom. The maximum Gasteiger partial charge on any atom is 0.262 e. The number of rotatable bonds is 10. The van der Waals surface area contributed by atoms with Crippen LogP contribution in [0.2, 0.25) is 5.02 Å². The zero-order valence-electron chi connectivity index (χ0n) is 22.6. The molecule has 40 heavy (non-hydrogen) atoms. The lowest BCUT2D eigenvalue weighted by Gasteiger charge is -2.36. The Labute approximate surface area is 244 Å². The molecule has 5 rings (SSSR count). The van der Waals surface area contributed by atoms with E-state index in [1.807, 2.05) is 24.3 Å². The number of fused-ring (bicyclic) bond motifs is 1. The first kappa shape index (κ1) is 28.1. The Hall–Kier alpha value is -3.46. The molecule has 0 amide bonds. The summed E-state index contributed by atoms with van der Waals surface area (Å²) in [7, 11) is 1.68. The molecule has 1 aliphatic heterocycles. The largest absolute Gasteiger partial charge is 0.497 e. The second-order valence-corrected chi connectivity index (χ2v) is 10.9. The molecule has 0 saturated carbocycles. The van der Waals surface area contributed by atoms with Crippen LogP contribution >= 0.6 is 23.8 Å². The number of hydrogen-bond donors (Lipinski definition) is 1. The lowest BCUT2D eigenvalue weighted by Crippen LogP contribution is -2.46. The van der Waals surface area contributed by atoms with Gasteiger partial charge in [-0.2, -0.15) is 0 Å². The lowest BCUT2D eigenvalue weighted by atomic mass is 10.0. The van der Waals surface area contributed by atoms with Gasteiger partial charge in [0, 0.05) is 48.9 Å². The number of aromatic amines is 1. The molecule has 0 unspecified atom stereocenters. The van der Waals surface area contributed by atoms with Gasteiger partial charge in [-0.05, 0) is 85.7 Å². The number of aromatic nitrogens is 2. The van der Waals surface area contributed by atoms with Gasteiger partial charge < -0.3 is 14.6 Å². The standard InChI is InChI=1S/C31H33ClN4O3S/c1-39-26-12-10-25(11-13-26)35-18-16-34(17-19-35)15-3-2-4-29(37)23-7-14-27-28(20-23)33-31(40)36(30(27)38)21-22-5-8-24(32)9-6-22/h5-14,20H,2-4,15-19,21H2,1H3,(H,33,40). The van der Waals surface area contributed by atoms with Crippen molar-refractivity contribution in [1.29, 1.82) is 0 Å². The zero-order chi connectivity index (χ0) is 28.1. The van der Waals surface area contributed by atoms with E-state index in [0.29, 0.717) is 39.2 Å². The van der Waals surface area contributed by atoms with E-state index in [9.17, 15) is 9.59 Å². The predicted molar refractivity (Wildman–Crippen MR) is 164 cm³/mol. The third kappa shape index (κ3) is 6.63. The number of piperazine rings is 1. The molecule has 0 aliphatic carbocycles. The van der Waals surface area contributed by atoms with Crippen molar-refractivity contribution >= 4 is 46.2 Å². The topological polar surface area (TPSA) is 70.6 Å². The number of benzene rings is 3. The van der Waals surface area contributed by atoms with Crippen molar-refractivity contribution in [2.75, 3.05) is 44.7 Å². The smallest absolute Gasteiger partial charge is 0.262 e. The van der Waals surface area contributed by atoms with Crippen molar-refractivity contribution in [3.05, 3.63) is 98.0 Å². The molecule has 9 heteroatoms. The normalized spacial score (nSPS) is 14.0. The molecular formula is C31H33ClN4O3S. The quantitative estimate of drug-likeness (QED) is 0.143. The first-order chi connectivity index (χ1) is 19.4. The molecule has 1 saturated heterocycles. The van der Waals surface area contributed by atoms with Crippen molar-refractivity contribution in [2.45, 2.75) is 25.8 Å². The van der Waals surface area contributed by atoms with Gasteiger partial charge in [-0.25, -0.2) is 0 Å². The molecule has 0 radical (unpaired) electrons. The van der Waals surface area contributed by atoms with Crippen LogP contribution in [0.25, 0.3) is 10.9 Å². The number of hydrogen-bond acceptors (Lipinski definition) is 6. The number of nitrogens with one attached hydrogen (secondary N) is 1. The summed E-state index contributed by atoms with van der Waals surface area (Å²) in [5.74, 6) is 0.952. The van der Waals surface area contributed by atoms with Gasteiger partial charge in [-0.15, -0.1) is 0 Å². The van der Waals surface area contributed by atoms with Crippen molar-refractivity contribution < 1.29 is 9.53 Å². The van der Waals surface area contributed by atoms with E-state index in [1.54, 1.807) is 37.4 Å². The number of unbranched alkanes of at least 4 members (excludes halogenated alkanes) is 1. The molecule has 0 atom stereocenters. The molecule has 7 nitrogen and oxygen atoms in total. The van der Waals surface area contributed by atoms with Crippen LogP contribution < -0.4 is 15.2 Å². The number of halogens is 1. The van der Waals surface area contributed by atoms with Crippen molar-refractivity contribution in [1.82, 2.24) is 14.5 Å². The maximum absolute atomic E-state index is 13.1. The van der Waals surface area contributed by atoms with Gasteiger partial charge in [0.1, 0.15) is 5.75 Å². The molecule has 1 aromatic heterocycles. The SMILES string of the molecule is COc1ccc(N2CCN(CCCCC(=O)c3ccc4c(=O)n(Cc5ccc(Cl)cc5)c(=S)[nH]c4c3)CC2)cc1. The molecule has 0 spiro atoms. The first-order valence-electron chi connectivity index (χ1n) is 13.6. The number of Topliss-reactive ketones (excluding diaryl/α,β-unsaturated/α-hetero) is 1. The van der Waals surface area contributed by atoms with E-state index in [4.69, 9.17) is 28.6 Å². The van der Waals surface area contributed by atoms with Gasteiger partial charge in [-0.1, -0.05) is 29.8 Å². The average molecular weight is 577 g/mol. The van der Waals surface area contributed by atoms with Crippen LogP contribution in [0.1, 0.15) is 35.2 Å². The highest BCUT2D eigenvalue weighted by atomic mass is 35.5. The highest BCUT2D eigenvalue weighted by molar-refractivity contribution is 7.71. The first-order valence-corrected chi connectivity index (χ1v) is 14.4. The Morgan fingerprint density at radius 1 is 0.975 bits per heavy atom. The summed E-state index contributed by atoms with van der Waals surface area (Å²) >= 11 is 11.5. The summed E-state index contributed by atoms with van der Waals surface area (Å²) in [4.78, 5) is 34.1. The zero-order valence-corrected chi connectivity index (χ0v) is 24.1. The number of carbonyl (C=O) groups excluding carboxylic acids is 1. The highest BCUT2D eigenvalue weighted by Crippen LogP contribution is 2.21. The van der Waals surface area contributed by atoms with Crippen LogP contribution in [0.3, 0.4) is 0 Å². The van der Waals surface area contributed by atoms with E-state index in [2.05, 4.69) is 26.9 Å². The summed E-state index contributed by atoms with van der Waals surface area (Å²) < 4.78 is 7.10. The van der Waals surface area contributed by atoms with Crippen molar-refractivity contribution in [2.24, 2.45) is 0 Å². The van der Waals surface area contributed by atoms with Crippen molar-refractivity contribution in [3.63, 3.8) is 0 Å². The van der Waals surface area contributed by atoms with Gasteiger partial charge in [0.05, 0.1) is 24.6 Å². The van der Waals surface area contributed by atoms with E-state index in [1.165, 1.54) is 10.3 Å². The number of anilines is 1. The number of H-pyrrole nitrogens is 1. The number of ketones is 1. The van der Waals surface area contributed by atoms with Gasteiger partial charge in [0.25, 0.3) is 5.56 Å². The third-order valence-corrected chi connectivity index (χ3v) is 8.07. The van der Waals surface area contributed by atoms with Gasteiger partial charge in [0.2, 0.25) is 0 Å². The van der Waals surface area contributed by atoms with Crippen LogP contribution in [0.4, 0.5) is 5.69 Å². The maximum atomic E-state index is 13.1. The van der Waals surface area contributed by atoms with Crippen molar-refractivity contribution in [3.8, 4) is 5.75 Å². The Bertz CT molecular complexity index is 1590. The summed E-state index contributed by atoms with van der Waals surface area (Å²) in [6, 6.07) is 20.8. The highest BCUT2D eigenvalue weighted by Gasteiger charge is 2.17.